The van der Waals surface area contributed by atoms with E-state index in [1.54, 1.807) is 0 Å². The number of carbonyl (C=O) groups excluding carboxylic acids is 1. The molecule has 1 fully saturated rings. The van der Waals surface area contributed by atoms with Crippen LogP contribution in [-0.4, -0.2) is 21.9 Å². The fourth-order valence-corrected chi connectivity index (χ4v) is 2.28. The maximum Gasteiger partial charge on any atom is 0.326 e. The van der Waals surface area contributed by atoms with Gasteiger partial charge in [0.15, 0.2) is 0 Å². The Morgan fingerprint density at radius 2 is 2.06 bits per heavy atom. The van der Waals surface area contributed by atoms with E-state index in [4.69, 9.17) is 5.73 Å². The van der Waals surface area contributed by atoms with E-state index in [0.29, 0.717) is 5.92 Å². The third kappa shape index (κ3) is 2.29. The average Bonchev–Trinajstić information content (AvgIpc) is 2.69. The van der Waals surface area contributed by atoms with Gasteiger partial charge in [-0.15, -0.1) is 0 Å². The molecular formula is C11H16N4O3. The maximum absolute atomic E-state index is 12.0. The third-order valence-corrected chi connectivity index (χ3v) is 3.38. The highest BCUT2D eigenvalue weighted by molar-refractivity contribution is 5.96. The molecule has 1 aromatic rings. The van der Waals surface area contributed by atoms with Crippen LogP contribution in [0.25, 0.3) is 0 Å². The minimum absolute atomic E-state index is 0.0692. The van der Waals surface area contributed by atoms with Crippen molar-refractivity contribution in [2.45, 2.75) is 32.2 Å². The predicted octanol–water partition coefficient (Wildman–Crippen LogP) is -0.436. The van der Waals surface area contributed by atoms with E-state index in [9.17, 15) is 14.4 Å². The standard InChI is InChI=1S/C11H16N4O3/c1-5-3-2-4-6(5)13-10(17)8-7(12)9(16)15-11(18)14-8/h5-6H,2-4,12H2,1H3,(H,13,17)(H2,14,15,16,18)/t5-,6-/m1/s1. The highest BCUT2D eigenvalue weighted by Gasteiger charge is 2.26. The summed E-state index contributed by atoms with van der Waals surface area (Å²) in [7, 11) is 0. The molecule has 18 heavy (non-hydrogen) atoms. The lowest BCUT2D eigenvalue weighted by Crippen LogP contribution is -2.39. The number of H-pyrrole nitrogens is 2. The smallest absolute Gasteiger partial charge is 0.326 e. The number of rotatable bonds is 2. The van der Waals surface area contributed by atoms with Crippen LogP contribution in [0.4, 0.5) is 5.69 Å². The van der Waals surface area contributed by atoms with Crippen LogP contribution in [0.5, 0.6) is 0 Å². The van der Waals surface area contributed by atoms with Crippen molar-refractivity contribution in [1.82, 2.24) is 15.3 Å². The molecular weight excluding hydrogens is 236 g/mol. The molecule has 0 saturated heterocycles. The van der Waals surface area contributed by atoms with Crippen molar-refractivity contribution in [2.24, 2.45) is 5.92 Å². The van der Waals surface area contributed by atoms with E-state index in [0.717, 1.165) is 19.3 Å². The SMILES string of the molecule is C[C@@H]1CCC[C@H]1NC(=O)c1[nH]c(=O)[nH]c(=O)c1N. The first-order valence-electron chi connectivity index (χ1n) is 5.92. The predicted molar refractivity (Wildman–Crippen MR) is 66.4 cm³/mol. The topological polar surface area (TPSA) is 121 Å². The Labute approximate surface area is 103 Å². The fraction of sp³-hybridized carbons (Fsp3) is 0.545. The van der Waals surface area contributed by atoms with Crippen LogP contribution >= 0.6 is 0 Å². The van der Waals surface area contributed by atoms with Crippen molar-refractivity contribution in [3.8, 4) is 0 Å². The number of anilines is 1. The number of aromatic nitrogens is 2. The van der Waals surface area contributed by atoms with Crippen molar-refractivity contribution in [3.05, 3.63) is 26.5 Å². The molecule has 7 nitrogen and oxygen atoms in total. The molecule has 0 aliphatic heterocycles. The number of hydrogen-bond donors (Lipinski definition) is 4. The van der Waals surface area contributed by atoms with Gasteiger partial charge < -0.3 is 16.0 Å². The Bertz CT molecular complexity index is 574. The molecule has 1 saturated carbocycles. The summed E-state index contributed by atoms with van der Waals surface area (Å²) >= 11 is 0. The molecule has 0 bridgehead atoms. The van der Waals surface area contributed by atoms with Gasteiger partial charge >= 0.3 is 5.69 Å². The van der Waals surface area contributed by atoms with E-state index >= 15 is 0 Å². The summed E-state index contributed by atoms with van der Waals surface area (Å²) in [5, 5.41) is 2.80. The zero-order valence-electron chi connectivity index (χ0n) is 10.1. The largest absolute Gasteiger partial charge is 0.392 e. The van der Waals surface area contributed by atoms with Crippen molar-refractivity contribution >= 4 is 11.6 Å². The summed E-state index contributed by atoms with van der Waals surface area (Å²) in [6.45, 7) is 2.06. The van der Waals surface area contributed by atoms with Crippen LogP contribution < -0.4 is 22.3 Å². The molecule has 1 aliphatic rings. The molecule has 1 amide bonds. The van der Waals surface area contributed by atoms with Gasteiger partial charge in [-0.1, -0.05) is 13.3 Å². The minimum atomic E-state index is -0.747. The molecule has 0 radical (unpaired) electrons. The second kappa shape index (κ2) is 4.67. The number of nitrogens with two attached hydrogens (primary N) is 1. The Morgan fingerprint density at radius 1 is 1.33 bits per heavy atom. The Hall–Kier alpha value is -2.05. The number of hydrogen-bond acceptors (Lipinski definition) is 4. The maximum atomic E-state index is 12.0. The minimum Gasteiger partial charge on any atom is -0.392 e. The van der Waals surface area contributed by atoms with Gasteiger partial charge in [0, 0.05) is 6.04 Å². The Morgan fingerprint density at radius 3 is 2.67 bits per heavy atom. The van der Waals surface area contributed by atoms with Crippen LogP contribution in [0.1, 0.15) is 36.7 Å². The molecule has 7 heteroatoms. The monoisotopic (exact) mass is 252 g/mol. The second-order valence-corrected chi connectivity index (χ2v) is 4.69. The molecule has 0 spiro atoms. The van der Waals surface area contributed by atoms with Gasteiger partial charge in [-0.3, -0.25) is 14.6 Å². The van der Waals surface area contributed by atoms with Gasteiger partial charge in [0.05, 0.1) is 0 Å². The van der Waals surface area contributed by atoms with Crippen LogP contribution in [-0.2, 0) is 0 Å². The molecule has 2 rings (SSSR count). The van der Waals surface area contributed by atoms with E-state index in [-0.39, 0.29) is 17.4 Å². The third-order valence-electron chi connectivity index (χ3n) is 3.38. The number of nitrogens with one attached hydrogen (secondary N) is 3. The molecule has 1 heterocycles. The summed E-state index contributed by atoms with van der Waals surface area (Å²) in [6, 6.07) is 0.0692. The van der Waals surface area contributed by atoms with Crippen LogP contribution in [0.3, 0.4) is 0 Å². The summed E-state index contributed by atoms with van der Waals surface area (Å²) in [5.74, 6) is -0.113. The van der Waals surface area contributed by atoms with Crippen molar-refractivity contribution in [1.29, 1.82) is 0 Å². The van der Waals surface area contributed by atoms with E-state index in [1.807, 2.05) is 4.98 Å². The van der Waals surface area contributed by atoms with Crippen molar-refractivity contribution in [2.75, 3.05) is 5.73 Å². The van der Waals surface area contributed by atoms with Crippen molar-refractivity contribution < 1.29 is 4.79 Å². The Kier molecular flexibility index (Phi) is 3.22. The quantitative estimate of drug-likeness (QED) is 0.570. The first-order chi connectivity index (χ1) is 8.49. The molecule has 1 aromatic heterocycles. The highest BCUT2D eigenvalue weighted by Crippen LogP contribution is 2.24. The van der Waals surface area contributed by atoms with Gasteiger partial charge in [0.2, 0.25) is 0 Å². The fourth-order valence-electron chi connectivity index (χ4n) is 2.28. The second-order valence-electron chi connectivity index (χ2n) is 4.69. The lowest BCUT2D eigenvalue weighted by molar-refractivity contribution is 0.0925. The first kappa shape index (κ1) is 12.4. The summed E-state index contributed by atoms with van der Waals surface area (Å²) < 4.78 is 0. The van der Waals surface area contributed by atoms with Crippen molar-refractivity contribution in [3.63, 3.8) is 0 Å². The molecule has 98 valence electrons. The van der Waals surface area contributed by atoms with E-state index in [2.05, 4.69) is 17.2 Å². The lowest BCUT2D eigenvalue weighted by atomic mass is 10.1. The first-order valence-corrected chi connectivity index (χ1v) is 5.92. The van der Waals surface area contributed by atoms with Crippen LogP contribution in [0, 0.1) is 5.92 Å². The van der Waals surface area contributed by atoms with Gasteiger partial charge in [0.25, 0.3) is 11.5 Å². The molecule has 1 aliphatic carbocycles. The molecule has 0 aromatic carbocycles. The molecule has 0 unspecified atom stereocenters. The van der Waals surface area contributed by atoms with E-state index in [1.165, 1.54) is 0 Å². The Balaban J connectivity index is 2.24. The average molecular weight is 252 g/mol. The number of aromatic amines is 2. The van der Waals surface area contributed by atoms with Crippen LogP contribution in [0.15, 0.2) is 9.59 Å². The van der Waals surface area contributed by atoms with Gasteiger partial charge in [-0.2, -0.15) is 0 Å². The molecule has 5 N–H and O–H groups in total. The van der Waals surface area contributed by atoms with Crippen LogP contribution in [0.2, 0.25) is 0 Å². The zero-order chi connectivity index (χ0) is 13.3. The number of carbonyl (C=O) groups is 1. The molecule has 2 atom stereocenters. The summed E-state index contributed by atoms with van der Waals surface area (Å²) in [6.07, 6.45) is 3.03. The van der Waals surface area contributed by atoms with Gasteiger partial charge in [-0.25, -0.2) is 4.79 Å². The normalized spacial score (nSPS) is 22.9. The van der Waals surface area contributed by atoms with E-state index < -0.39 is 17.2 Å². The highest BCUT2D eigenvalue weighted by atomic mass is 16.2. The van der Waals surface area contributed by atoms with Gasteiger partial charge in [-0.05, 0) is 18.8 Å². The van der Waals surface area contributed by atoms with Gasteiger partial charge in [0.1, 0.15) is 11.4 Å². The zero-order valence-corrected chi connectivity index (χ0v) is 10.1. The summed E-state index contributed by atoms with van der Waals surface area (Å²) in [4.78, 5) is 38.6. The number of amides is 1. The lowest BCUT2D eigenvalue weighted by Gasteiger charge is -2.17. The number of nitrogen functional groups attached to an aromatic ring is 1. The summed E-state index contributed by atoms with van der Waals surface area (Å²) in [5.41, 5.74) is 3.57.